The molecule has 244 valence electrons. The van der Waals surface area contributed by atoms with Crippen molar-refractivity contribution in [1.82, 2.24) is 0 Å². The van der Waals surface area contributed by atoms with Crippen LogP contribution in [0.4, 0.5) is 0 Å². The fraction of sp³-hybridized carbons (Fsp3) is 0.912. The van der Waals surface area contributed by atoms with Crippen molar-refractivity contribution in [3.05, 3.63) is 0 Å². The average molecular weight is 597 g/mol. The second-order valence-electron chi connectivity index (χ2n) is 14.1. The van der Waals surface area contributed by atoms with Crippen LogP contribution >= 0.6 is 0 Å². The van der Waals surface area contributed by atoms with Gasteiger partial charge in [-0.15, -0.1) is 0 Å². The molecule has 3 saturated carbocycles. The summed E-state index contributed by atoms with van der Waals surface area (Å²) in [5.74, 6) is 3.47. The molecule has 0 bridgehead atoms. The third-order valence-electron chi connectivity index (χ3n) is 10.9. The predicted molar refractivity (Wildman–Crippen MR) is 162 cm³/mol. The molecular weight excluding hydrogens is 536 g/mol. The van der Waals surface area contributed by atoms with Crippen molar-refractivity contribution in [2.45, 2.75) is 125 Å². The third-order valence-corrected chi connectivity index (χ3v) is 10.9. The van der Waals surface area contributed by atoms with Crippen LogP contribution in [0.2, 0.25) is 0 Å². The normalized spacial score (nSPS) is 37.5. The van der Waals surface area contributed by atoms with Gasteiger partial charge in [0, 0.05) is 56.7 Å². The van der Waals surface area contributed by atoms with Crippen molar-refractivity contribution >= 4 is 17.3 Å². The Balaban J connectivity index is 0.000000220. The Morgan fingerprint density at radius 2 is 1.19 bits per heavy atom. The topological polar surface area (TPSA) is 141 Å². The van der Waals surface area contributed by atoms with E-state index in [1.54, 1.807) is 0 Å². The van der Waals surface area contributed by atoms with E-state index in [0.717, 1.165) is 32.1 Å². The Hall–Kier alpha value is -1.19. The Kier molecular flexibility index (Phi) is 15.3. The SMILES string of the molecule is CC1CCC(=O)[C@@H]1C(C)[C@H](C)CCO.CC1CCC(=O)[C@@H]1C(O)[C@H](C)CCO.CC1CCC(=O)[C@@H]1C1OC(O)C[C@H]1C. The summed E-state index contributed by atoms with van der Waals surface area (Å²) in [6.07, 6.45) is 5.76. The summed E-state index contributed by atoms with van der Waals surface area (Å²) in [7, 11) is 0. The number of aliphatic hydroxyl groups is 4. The number of hydrogen-bond donors (Lipinski definition) is 4. The molecule has 4 rings (SSSR count). The van der Waals surface area contributed by atoms with Crippen LogP contribution in [0.3, 0.4) is 0 Å². The molecule has 1 saturated heterocycles. The average Bonchev–Trinajstić information content (AvgIpc) is 3.65. The van der Waals surface area contributed by atoms with E-state index in [4.69, 9.17) is 14.9 Å². The molecule has 42 heavy (non-hydrogen) atoms. The minimum absolute atomic E-state index is 0.00880. The molecule has 4 N–H and O–H groups in total. The minimum atomic E-state index is -0.657. The zero-order chi connectivity index (χ0) is 31.7. The Morgan fingerprint density at radius 3 is 1.60 bits per heavy atom. The molecule has 1 heterocycles. The van der Waals surface area contributed by atoms with Crippen LogP contribution in [-0.2, 0) is 19.1 Å². The predicted octanol–water partition coefficient (Wildman–Crippen LogP) is 4.58. The van der Waals surface area contributed by atoms with E-state index in [0.29, 0.717) is 72.8 Å². The summed E-state index contributed by atoms with van der Waals surface area (Å²) in [5.41, 5.74) is 0. The maximum atomic E-state index is 11.7. The number of carbonyl (C=O) groups is 3. The van der Waals surface area contributed by atoms with Crippen molar-refractivity contribution in [1.29, 1.82) is 0 Å². The van der Waals surface area contributed by atoms with Gasteiger partial charge in [0.25, 0.3) is 0 Å². The quantitative estimate of drug-likeness (QED) is 0.303. The zero-order valence-electron chi connectivity index (χ0n) is 27.2. The number of rotatable bonds is 9. The van der Waals surface area contributed by atoms with Gasteiger partial charge in [-0.3, -0.25) is 14.4 Å². The van der Waals surface area contributed by atoms with Gasteiger partial charge in [0.15, 0.2) is 6.29 Å². The lowest BCUT2D eigenvalue weighted by atomic mass is 9.77. The van der Waals surface area contributed by atoms with Crippen molar-refractivity contribution in [3.63, 3.8) is 0 Å². The van der Waals surface area contributed by atoms with Crippen LogP contribution in [0.15, 0.2) is 0 Å². The molecule has 4 fully saturated rings. The van der Waals surface area contributed by atoms with Crippen molar-refractivity contribution < 1.29 is 39.5 Å². The number of Topliss-reactive ketones (excluding diaryl/α,β-unsaturated/α-hetero) is 3. The zero-order valence-corrected chi connectivity index (χ0v) is 27.2. The molecule has 0 radical (unpaired) electrons. The third kappa shape index (κ3) is 9.65. The van der Waals surface area contributed by atoms with Crippen molar-refractivity contribution in [2.75, 3.05) is 13.2 Å². The van der Waals surface area contributed by atoms with Gasteiger partial charge in [0.2, 0.25) is 0 Å². The highest BCUT2D eigenvalue weighted by Gasteiger charge is 2.45. The van der Waals surface area contributed by atoms with Gasteiger partial charge < -0.3 is 25.2 Å². The van der Waals surface area contributed by atoms with E-state index in [1.807, 2.05) is 13.8 Å². The van der Waals surface area contributed by atoms with Crippen LogP contribution in [0, 0.1) is 59.2 Å². The van der Waals surface area contributed by atoms with E-state index in [9.17, 15) is 24.6 Å². The van der Waals surface area contributed by atoms with Crippen molar-refractivity contribution in [3.8, 4) is 0 Å². The monoisotopic (exact) mass is 596 g/mol. The Bertz CT molecular complexity index is 816. The Labute approximate surface area is 254 Å². The molecule has 0 aromatic heterocycles. The summed E-state index contributed by atoms with van der Waals surface area (Å²) >= 11 is 0. The summed E-state index contributed by atoms with van der Waals surface area (Å²) in [5, 5.41) is 37.0. The molecule has 0 spiro atoms. The maximum absolute atomic E-state index is 11.7. The molecule has 4 aliphatic rings. The standard InChI is InChI=1S/C12H22O2.C11H18O3.C11H20O3/c1-8(6-7-13)10(3)12-9(2)4-5-11(12)14;1-6-3-4-8(12)10(6)11-7(2)5-9(13)14-11;1-7-3-4-9(13)10(7)11(14)8(2)5-6-12/h8-10,12-13H,4-7H2,1-3H3;6-7,9-11,13H,3-5H2,1-2H3;7-8,10-12,14H,3-6H2,1-2H3/t8-,9?,10?,12+;6?,7-,9?,10-,11?;7?,8-,10-,11?/m111/s1. The Morgan fingerprint density at radius 1 is 0.714 bits per heavy atom. The van der Waals surface area contributed by atoms with Crippen LogP contribution < -0.4 is 0 Å². The van der Waals surface area contributed by atoms with Crippen LogP contribution in [0.1, 0.15) is 106 Å². The molecule has 8 nitrogen and oxygen atoms in total. The molecule has 0 aromatic carbocycles. The van der Waals surface area contributed by atoms with E-state index in [2.05, 4.69) is 34.6 Å². The second kappa shape index (κ2) is 17.3. The largest absolute Gasteiger partial charge is 0.396 e. The molecule has 0 amide bonds. The fourth-order valence-corrected chi connectivity index (χ4v) is 7.76. The van der Waals surface area contributed by atoms with Crippen molar-refractivity contribution in [2.24, 2.45) is 59.2 Å². The van der Waals surface area contributed by atoms with Gasteiger partial charge in [-0.25, -0.2) is 0 Å². The molecular formula is C34H60O8. The first-order valence-electron chi connectivity index (χ1n) is 16.6. The lowest BCUT2D eigenvalue weighted by Gasteiger charge is -2.27. The lowest BCUT2D eigenvalue weighted by molar-refractivity contribution is -0.136. The van der Waals surface area contributed by atoms with Gasteiger partial charge in [0.1, 0.15) is 17.3 Å². The summed E-state index contributed by atoms with van der Waals surface area (Å²) in [6, 6.07) is 0. The number of hydrogen-bond acceptors (Lipinski definition) is 8. The number of ether oxygens (including phenoxy) is 1. The molecule has 13 atom stereocenters. The number of ketones is 3. The van der Waals surface area contributed by atoms with Crippen LogP contribution in [0.25, 0.3) is 0 Å². The van der Waals surface area contributed by atoms with Gasteiger partial charge in [-0.2, -0.15) is 0 Å². The molecule has 0 aromatic rings. The van der Waals surface area contributed by atoms with E-state index in [-0.39, 0.29) is 48.8 Å². The van der Waals surface area contributed by atoms with E-state index in [1.165, 1.54) is 0 Å². The first-order valence-corrected chi connectivity index (χ1v) is 16.6. The maximum Gasteiger partial charge on any atom is 0.155 e. The highest BCUT2D eigenvalue weighted by Crippen LogP contribution is 2.40. The molecule has 3 aliphatic carbocycles. The second-order valence-corrected chi connectivity index (χ2v) is 14.1. The summed E-state index contributed by atoms with van der Waals surface area (Å²) in [4.78, 5) is 34.8. The first-order chi connectivity index (χ1) is 19.7. The smallest absolute Gasteiger partial charge is 0.155 e. The van der Waals surface area contributed by atoms with E-state index < -0.39 is 12.4 Å². The summed E-state index contributed by atoms with van der Waals surface area (Å²) < 4.78 is 5.43. The lowest BCUT2D eigenvalue weighted by Crippen LogP contribution is -2.33. The molecule has 8 heteroatoms. The fourth-order valence-electron chi connectivity index (χ4n) is 7.76. The highest BCUT2D eigenvalue weighted by atomic mass is 16.6. The molecule has 1 aliphatic heterocycles. The number of carbonyl (C=O) groups excluding carboxylic acids is 3. The van der Waals surface area contributed by atoms with Gasteiger partial charge in [-0.1, -0.05) is 48.5 Å². The molecule has 7 unspecified atom stereocenters. The van der Waals surface area contributed by atoms with Gasteiger partial charge in [-0.05, 0) is 73.5 Å². The van der Waals surface area contributed by atoms with Gasteiger partial charge >= 0.3 is 0 Å². The highest BCUT2D eigenvalue weighted by molar-refractivity contribution is 5.84. The summed E-state index contributed by atoms with van der Waals surface area (Å²) in [6.45, 7) is 14.9. The van der Waals surface area contributed by atoms with Crippen LogP contribution in [0.5, 0.6) is 0 Å². The first kappa shape index (κ1) is 37.0. The van der Waals surface area contributed by atoms with Gasteiger partial charge in [0.05, 0.1) is 12.2 Å². The minimum Gasteiger partial charge on any atom is -0.396 e. The van der Waals surface area contributed by atoms with E-state index >= 15 is 0 Å². The van der Waals surface area contributed by atoms with Crippen LogP contribution in [-0.4, -0.2) is 69.5 Å². The number of aliphatic hydroxyl groups excluding tert-OH is 4.